The molecule has 9 heteroatoms. The van der Waals surface area contributed by atoms with Gasteiger partial charge >= 0.3 is 0 Å². The van der Waals surface area contributed by atoms with Crippen LogP contribution in [0.5, 0.6) is 0 Å². The van der Waals surface area contributed by atoms with Crippen molar-refractivity contribution in [3.8, 4) is 0 Å². The maximum absolute atomic E-state index is 13.3. The zero-order chi connectivity index (χ0) is 24.9. The number of aliphatic hydroxyl groups is 1. The minimum Gasteiger partial charge on any atom is -0.383 e. The van der Waals surface area contributed by atoms with E-state index in [-0.39, 0.29) is 20.5 Å². The van der Waals surface area contributed by atoms with Crippen molar-refractivity contribution < 1.29 is 13.5 Å². The van der Waals surface area contributed by atoms with Gasteiger partial charge in [-0.25, -0.2) is 12.7 Å². The lowest BCUT2D eigenvalue weighted by Gasteiger charge is -2.22. The number of rotatable bonds is 11. The van der Waals surface area contributed by atoms with Gasteiger partial charge in [-0.15, -0.1) is 0 Å². The number of fused-ring (bicyclic) bond motifs is 1. The van der Waals surface area contributed by atoms with Gasteiger partial charge in [0.2, 0.25) is 10.0 Å². The molecule has 0 saturated carbocycles. The van der Waals surface area contributed by atoms with E-state index in [9.17, 15) is 13.5 Å². The maximum Gasteiger partial charge on any atom is 0.244 e. The van der Waals surface area contributed by atoms with E-state index in [4.69, 9.17) is 28.9 Å². The number of unbranched alkanes of at least 4 members (excludes halogenated alkanes) is 4. The van der Waals surface area contributed by atoms with Crippen LogP contribution in [-0.2, 0) is 10.0 Å². The SMILES string of the molecule is Cc1ccc2cccc(C(O)c3c(Cl)ccc(S(=O)(=O)N(C)CCCCCCCN)c3Cl)c2n1. The highest BCUT2D eigenvalue weighted by Crippen LogP contribution is 2.40. The first-order chi connectivity index (χ1) is 16.2. The molecule has 1 unspecified atom stereocenters. The molecule has 3 rings (SSSR count). The van der Waals surface area contributed by atoms with Crippen molar-refractivity contribution in [3.05, 3.63) is 69.3 Å². The molecule has 0 spiro atoms. The molecule has 0 fully saturated rings. The Kier molecular flexibility index (Phi) is 9.32. The van der Waals surface area contributed by atoms with Crippen LogP contribution in [0.4, 0.5) is 0 Å². The Balaban J connectivity index is 1.91. The Bertz CT molecular complexity index is 1250. The third-order valence-electron chi connectivity index (χ3n) is 5.92. The third kappa shape index (κ3) is 5.90. The van der Waals surface area contributed by atoms with Crippen molar-refractivity contribution in [2.75, 3.05) is 20.1 Å². The number of halogens is 2. The molecule has 34 heavy (non-hydrogen) atoms. The zero-order valence-electron chi connectivity index (χ0n) is 19.5. The lowest BCUT2D eigenvalue weighted by atomic mass is 9.98. The van der Waals surface area contributed by atoms with Gasteiger partial charge < -0.3 is 10.8 Å². The molecule has 184 valence electrons. The largest absolute Gasteiger partial charge is 0.383 e. The van der Waals surface area contributed by atoms with E-state index in [1.54, 1.807) is 6.07 Å². The first-order valence-corrected chi connectivity index (χ1v) is 13.6. The first kappa shape index (κ1) is 26.9. The van der Waals surface area contributed by atoms with Gasteiger partial charge in [-0.2, -0.15) is 0 Å². The molecule has 3 aromatic rings. The van der Waals surface area contributed by atoms with Crippen LogP contribution in [0.3, 0.4) is 0 Å². The highest BCUT2D eigenvalue weighted by atomic mass is 35.5. The average molecular weight is 525 g/mol. The summed E-state index contributed by atoms with van der Waals surface area (Å²) in [7, 11) is -2.34. The van der Waals surface area contributed by atoms with E-state index in [0.29, 0.717) is 24.2 Å². The molecular formula is C25H31Cl2N3O3S. The van der Waals surface area contributed by atoms with Crippen molar-refractivity contribution in [2.45, 2.75) is 50.0 Å². The smallest absolute Gasteiger partial charge is 0.244 e. The maximum atomic E-state index is 13.3. The van der Waals surface area contributed by atoms with Crippen LogP contribution >= 0.6 is 23.2 Å². The molecule has 0 bridgehead atoms. The predicted octanol–water partition coefficient (Wildman–Crippen LogP) is 5.46. The van der Waals surface area contributed by atoms with E-state index < -0.39 is 16.1 Å². The van der Waals surface area contributed by atoms with E-state index in [0.717, 1.165) is 43.2 Å². The molecule has 6 nitrogen and oxygen atoms in total. The standard InChI is InChI=1S/C25H31Cl2N3O3S/c1-17-11-12-18-9-8-10-19(24(18)29-17)25(31)22-20(26)13-14-21(23(22)27)34(32,33)30(2)16-7-5-3-4-6-15-28/h8-14,25,31H,3-7,15-16,28H2,1-2H3. The highest BCUT2D eigenvalue weighted by molar-refractivity contribution is 7.89. The fraction of sp³-hybridized carbons (Fsp3) is 0.400. The van der Waals surface area contributed by atoms with Crippen molar-refractivity contribution in [2.24, 2.45) is 5.73 Å². The van der Waals surface area contributed by atoms with Crippen LogP contribution in [0, 0.1) is 6.92 Å². The van der Waals surface area contributed by atoms with Crippen LogP contribution in [0.25, 0.3) is 10.9 Å². The van der Waals surface area contributed by atoms with E-state index in [1.807, 2.05) is 31.2 Å². The second-order valence-corrected chi connectivity index (χ2v) is 11.2. The van der Waals surface area contributed by atoms with Crippen LogP contribution in [0.1, 0.15) is 55.0 Å². The van der Waals surface area contributed by atoms with Gasteiger partial charge in [0.15, 0.2) is 0 Å². The number of hydrogen-bond acceptors (Lipinski definition) is 5. The molecule has 2 aromatic carbocycles. The Hall–Kier alpha value is -1.74. The third-order valence-corrected chi connectivity index (χ3v) is 8.66. The van der Waals surface area contributed by atoms with Gasteiger partial charge in [0, 0.05) is 40.8 Å². The normalized spacial score (nSPS) is 13.0. The summed E-state index contributed by atoms with van der Waals surface area (Å²) in [5.41, 5.74) is 7.57. The molecule has 3 N–H and O–H groups in total. The number of sulfonamides is 1. The summed E-state index contributed by atoms with van der Waals surface area (Å²) >= 11 is 13.0. The molecule has 1 atom stereocenters. The van der Waals surface area contributed by atoms with Crippen molar-refractivity contribution >= 4 is 44.1 Å². The molecule has 0 aliphatic carbocycles. The first-order valence-electron chi connectivity index (χ1n) is 11.4. The Morgan fingerprint density at radius 3 is 2.47 bits per heavy atom. The topological polar surface area (TPSA) is 96.5 Å². The summed E-state index contributed by atoms with van der Waals surface area (Å²) in [6.45, 7) is 2.91. The van der Waals surface area contributed by atoms with Gasteiger partial charge in [-0.1, -0.05) is 66.7 Å². The second kappa shape index (κ2) is 11.8. The molecule has 0 amide bonds. The number of aryl methyl sites for hydroxylation is 1. The van der Waals surface area contributed by atoms with Crippen LogP contribution < -0.4 is 5.73 Å². The van der Waals surface area contributed by atoms with Gasteiger partial charge in [0.1, 0.15) is 11.0 Å². The number of nitrogens with zero attached hydrogens (tertiary/aromatic N) is 2. The van der Waals surface area contributed by atoms with Crippen LogP contribution in [0.2, 0.25) is 10.0 Å². The molecule has 0 radical (unpaired) electrons. The molecule has 1 aromatic heterocycles. The van der Waals surface area contributed by atoms with E-state index >= 15 is 0 Å². The molecule has 1 heterocycles. The number of aliphatic hydroxyl groups excluding tert-OH is 1. The highest BCUT2D eigenvalue weighted by Gasteiger charge is 2.29. The Morgan fingerprint density at radius 2 is 1.74 bits per heavy atom. The number of pyridine rings is 1. The zero-order valence-corrected chi connectivity index (χ0v) is 21.8. The number of nitrogens with two attached hydrogens (primary N) is 1. The lowest BCUT2D eigenvalue weighted by Crippen LogP contribution is -2.28. The monoisotopic (exact) mass is 523 g/mol. The predicted molar refractivity (Wildman–Crippen MR) is 139 cm³/mol. The Morgan fingerprint density at radius 1 is 1.03 bits per heavy atom. The number of benzene rings is 2. The van der Waals surface area contributed by atoms with Crippen molar-refractivity contribution in [1.29, 1.82) is 0 Å². The van der Waals surface area contributed by atoms with Crippen molar-refractivity contribution in [3.63, 3.8) is 0 Å². The Labute approximate surface area is 211 Å². The molecule has 0 saturated heterocycles. The molecular weight excluding hydrogens is 493 g/mol. The fourth-order valence-corrected chi connectivity index (χ4v) is 6.09. The van der Waals surface area contributed by atoms with E-state index in [2.05, 4.69) is 4.98 Å². The average Bonchev–Trinajstić information content (AvgIpc) is 2.80. The van der Waals surface area contributed by atoms with Crippen LogP contribution in [0.15, 0.2) is 47.4 Å². The van der Waals surface area contributed by atoms with Gasteiger partial charge in [-0.05, 0) is 44.5 Å². The number of aromatic nitrogens is 1. The van der Waals surface area contributed by atoms with E-state index in [1.165, 1.54) is 23.5 Å². The summed E-state index contributed by atoms with van der Waals surface area (Å²) in [6.07, 6.45) is 3.45. The second-order valence-electron chi connectivity index (χ2n) is 8.43. The minimum absolute atomic E-state index is 0.0809. The molecule has 0 aliphatic heterocycles. The quantitative estimate of drug-likeness (QED) is 0.325. The summed E-state index contributed by atoms with van der Waals surface area (Å²) in [5.74, 6) is 0. The summed E-state index contributed by atoms with van der Waals surface area (Å²) < 4.78 is 27.9. The van der Waals surface area contributed by atoms with Crippen molar-refractivity contribution in [1.82, 2.24) is 9.29 Å². The van der Waals surface area contributed by atoms with Gasteiger partial charge in [0.05, 0.1) is 10.5 Å². The summed E-state index contributed by atoms with van der Waals surface area (Å²) in [4.78, 5) is 4.48. The lowest BCUT2D eigenvalue weighted by molar-refractivity contribution is 0.221. The number of hydrogen-bond donors (Lipinski definition) is 2. The summed E-state index contributed by atoms with van der Waals surface area (Å²) in [5, 5.41) is 12.2. The molecule has 0 aliphatic rings. The fourth-order valence-electron chi connectivity index (χ4n) is 3.94. The van der Waals surface area contributed by atoms with Gasteiger partial charge in [-0.3, -0.25) is 4.98 Å². The summed E-state index contributed by atoms with van der Waals surface area (Å²) in [6, 6.07) is 12.1. The van der Waals surface area contributed by atoms with Gasteiger partial charge in [0.25, 0.3) is 0 Å². The minimum atomic E-state index is -3.88. The van der Waals surface area contributed by atoms with Crippen LogP contribution in [-0.4, -0.2) is 43.0 Å². The number of para-hydroxylation sites is 1.